The molecule has 0 atom stereocenters. The molecule has 0 bridgehead atoms. The molecule has 19 heavy (non-hydrogen) atoms. The third kappa shape index (κ3) is 3.80. The first-order chi connectivity index (χ1) is 8.99. The number of methoxy groups -OCH3 is 1. The quantitative estimate of drug-likeness (QED) is 0.871. The minimum absolute atomic E-state index is 0.322. The molecule has 106 valence electrons. The van der Waals surface area contributed by atoms with Gasteiger partial charge in [-0.15, -0.1) is 0 Å². The highest BCUT2D eigenvalue weighted by atomic mass is 16.5. The molecular formula is C14H24N4O. The second-order valence-electron chi connectivity index (χ2n) is 6.15. The van der Waals surface area contributed by atoms with Crippen molar-refractivity contribution in [3.05, 3.63) is 11.3 Å². The van der Waals surface area contributed by atoms with Crippen LogP contribution in [0.15, 0.2) is 0 Å². The minimum Gasteiger partial charge on any atom is -0.467 e. The van der Waals surface area contributed by atoms with Crippen molar-refractivity contribution < 1.29 is 4.74 Å². The van der Waals surface area contributed by atoms with Gasteiger partial charge in [-0.1, -0.05) is 20.8 Å². The highest BCUT2D eigenvalue weighted by Crippen LogP contribution is 2.24. The fourth-order valence-corrected chi connectivity index (χ4v) is 2.11. The highest BCUT2D eigenvalue weighted by molar-refractivity contribution is 5.48. The summed E-state index contributed by atoms with van der Waals surface area (Å²) in [6, 6.07) is 0.457. The normalized spacial score (nSPS) is 14.9. The summed E-state index contributed by atoms with van der Waals surface area (Å²) in [5.74, 6) is 0.915. The van der Waals surface area contributed by atoms with Gasteiger partial charge < -0.3 is 15.4 Å². The van der Waals surface area contributed by atoms with E-state index in [0.29, 0.717) is 11.4 Å². The lowest BCUT2D eigenvalue weighted by atomic mass is 9.92. The molecule has 0 aliphatic carbocycles. The maximum atomic E-state index is 5.19. The zero-order valence-corrected chi connectivity index (χ0v) is 12.3. The zero-order chi connectivity index (χ0) is 13.9. The standard InChI is InChI=1S/C14H24N4O/c1-14(2,3)6-8-16-12-10-9-15-7-5-11(10)17-13(18-12)19-4/h15H,5-9H2,1-4H3,(H,16,17,18). The number of hydrogen-bond acceptors (Lipinski definition) is 5. The molecule has 0 radical (unpaired) electrons. The van der Waals surface area contributed by atoms with Crippen LogP contribution in [0.3, 0.4) is 0 Å². The summed E-state index contributed by atoms with van der Waals surface area (Å²) in [6.45, 7) is 9.44. The fourth-order valence-electron chi connectivity index (χ4n) is 2.11. The van der Waals surface area contributed by atoms with Crippen LogP contribution in [0.2, 0.25) is 0 Å². The Morgan fingerprint density at radius 3 is 2.79 bits per heavy atom. The monoisotopic (exact) mass is 264 g/mol. The van der Waals surface area contributed by atoms with E-state index in [4.69, 9.17) is 4.74 Å². The average Bonchev–Trinajstić information content (AvgIpc) is 2.37. The number of hydrogen-bond donors (Lipinski definition) is 2. The topological polar surface area (TPSA) is 59.1 Å². The van der Waals surface area contributed by atoms with Gasteiger partial charge in [0, 0.05) is 31.6 Å². The van der Waals surface area contributed by atoms with Crippen LogP contribution in [0.5, 0.6) is 6.01 Å². The van der Waals surface area contributed by atoms with E-state index in [0.717, 1.165) is 44.0 Å². The number of fused-ring (bicyclic) bond motifs is 1. The first-order valence-electron chi connectivity index (χ1n) is 6.88. The molecule has 0 aromatic carbocycles. The van der Waals surface area contributed by atoms with Gasteiger partial charge in [-0.05, 0) is 11.8 Å². The molecular weight excluding hydrogens is 240 g/mol. The molecule has 0 fully saturated rings. The molecule has 5 heteroatoms. The molecule has 1 aliphatic rings. The van der Waals surface area contributed by atoms with Gasteiger partial charge in [0.15, 0.2) is 0 Å². The summed E-state index contributed by atoms with van der Waals surface area (Å²) >= 11 is 0. The van der Waals surface area contributed by atoms with Crippen molar-refractivity contribution in [2.45, 2.75) is 40.2 Å². The number of aromatic nitrogens is 2. The summed E-state index contributed by atoms with van der Waals surface area (Å²) in [4.78, 5) is 8.88. The lowest BCUT2D eigenvalue weighted by molar-refractivity contribution is 0.375. The van der Waals surface area contributed by atoms with Gasteiger partial charge in [0.1, 0.15) is 5.82 Å². The van der Waals surface area contributed by atoms with Crippen LogP contribution in [0.1, 0.15) is 38.4 Å². The van der Waals surface area contributed by atoms with Crippen LogP contribution in [0, 0.1) is 5.41 Å². The fraction of sp³-hybridized carbons (Fsp3) is 0.714. The van der Waals surface area contributed by atoms with Crippen molar-refractivity contribution in [2.75, 3.05) is 25.5 Å². The first kappa shape index (κ1) is 14.1. The van der Waals surface area contributed by atoms with Crippen molar-refractivity contribution in [3.63, 3.8) is 0 Å². The Hall–Kier alpha value is -1.36. The highest BCUT2D eigenvalue weighted by Gasteiger charge is 2.18. The lowest BCUT2D eigenvalue weighted by Gasteiger charge is -2.22. The molecule has 2 N–H and O–H groups in total. The molecule has 0 unspecified atom stereocenters. The van der Waals surface area contributed by atoms with Crippen LogP contribution in [0.4, 0.5) is 5.82 Å². The van der Waals surface area contributed by atoms with Gasteiger partial charge in [-0.25, -0.2) is 0 Å². The van der Waals surface area contributed by atoms with Crippen LogP contribution >= 0.6 is 0 Å². The second kappa shape index (κ2) is 5.74. The van der Waals surface area contributed by atoms with Gasteiger partial charge in [0.25, 0.3) is 0 Å². The molecule has 0 saturated heterocycles. The molecule has 0 saturated carbocycles. The number of rotatable bonds is 4. The Morgan fingerprint density at radius 1 is 1.32 bits per heavy atom. The molecule has 2 heterocycles. The van der Waals surface area contributed by atoms with E-state index >= 15 is 0 Å². The molecule has 0 spiro atoms. The van der Waals surface area contributed by atoms with E-state index in [9.17, 15) is 0 Å². The smallest absolute Gasteiger partial charge is 0.318 e. The molecule has 1 aliphatic heterocycles. The zero-order valence-electron chi connectivity index (χ0n) is 12.3. The molecule has 2 rings (SSSR count). The summed E-state index contributed by atoms with van der Waals surface area (Å²) < 4.78 is 5.19. The van der Waals surface area contributed by atoms with Crippen LogP contribution < -0.4 is 15.4 Å². The van der Waals surface area contributed by atoms with E-state index in [1.54, 1.807) is 7.11 Å². The maximum Gasteiger partial charge on any atom is 0.318 e. The average molecular weight is 264 g/mol. The Kier molecular flexibility index (Phi) is 4.24. The second-order valence-corrected chi connectivity index (χ2v) is 6.15. The Bertz CT molecular complexity index is 440. The van der Waals surface area contributed by atoms with Crippen molar-refractivity contribution in [1.29, 1.82) is 0 Å². The SMILES string of the molecule is COc1nc2c(c(NCCC(C)(C)C)n1)CNCC2. The predicted molar refractivity (Wildman–Crippen MR) is 76.6 cm³/mol. The van der Waals surface area contributed by atoms with E-state index in [1.807, 2.05) is 0 Å². The van der Waals surface area contributed by atoms with Gasteiger partial charge in [-0.2, -0.15) is 9.97 Å². The van der Waals surface area contributed by atoms with Crippen molar-refractivity contribution in [1.82, 2.24) is 15.3 Å². The summed E-state index contributed by atoms with van der Waals surface area (Å²) in [5.41, 5.74) is 2.60. The first-order valence-corrected chi connectivity index (χ1v) is 6.88. The van der Waals surface area contributed by atoms with Crippen molar-refractivity contribution >= 4 is 5.82 Å². The Balaban J connectivity index is 2.14. The third-order valence-electron chi connectivity index (χ3n) is 3.26. The summed E-state index contributed by atoms with van der Waals surface area (Å²) in [6.07, 6.45) is 2.03. The summed E-state index contributed by atoms with van der Waals surface area (Å²) in [7, 11) is 1.61. The number of ether oxygens (including phenoxy) is 1. The molecule has 0 amide bonds. The van der Waals surface area contributed by atoms with Gasteiger partial charge in [0.2, 0.25) is 0 Å². The minimum atomic E-state index is 0.322. The summed E-state index contributed by atoms with van der Waals surface area (Å²) in [5, 5.41) is 6.80. The molecule has 5 nitrogen and oxygen atoms in total. The molecule has 1 aromatic heterocycles. The largest absolute Gasteiger partial charge is 0.467 e. The van der Waals surface area contributed by atoms with E-state index in [-0.39, 0.29) is 0 Å². The lowest BCUT2D eigenvalue weighted by Crippen LogP contribution is -2.27. The van der Waals surface area contributed by atoms with Crippen LogP contribution in [0.25, 0.3) is 0 Å². The number of nitrogens with one attached hydrogen (secondary N) is 2. The predicted octanol–water partition coefficient (Wildman–Crippen LogP) is 1.98. The van der Waals surface area contributed by atoms with E-state index < -0.39 is 0 Å². The Morgan fingerprint density at radius 2 is 2.11 bits per heavy atom. The van der Waals surface area contributed by atoms with E-state index in [1.165, 1.54) is 5.56 Å². The van der Waals surface area contributed by atoms with Gasteiger partial charge in [-0.3, -0.25) is 0 Å². The van der Waals surface area contributed by atoms with Gasteiger partial charge in [0.05, 0.1) is 12.8 Å². The molecule has 1 aromatic rings. The van der Waals surface area contributed by atoms with E-state index in [2.05, 4.69) is 41.4 Å². The van der Waals surface area contributed by atoms with Gasteiger partial charge >= 0.3 is 6.01 Å². The number of anilines is 1. The van der Waals surface area contributed by atoms with Crippen LogP contribution in [-0.4, -0.2) is 30.2 Å². The van der Waals surface area contributed by atoms with Crippen LogP contribution in [-0.2, 0) is 13.0 Å². The third-order valence-corrected chi connectivity index (χ3v) is 3.26. The maximum absolute atomic E-state index is 5.19. The van der Waals surface area contributed by atoms with Crippen molar-refractivity contribution in [3.8, 4) is 6.01 Å². The number of nitrogens with zero attached hydrogens (tertiary/aromatic N) is 2. The Labute approximate surface area is 115 Å². The van der Waals surface area contributed by atoms with Crippen molar-refractivity contribution in [2.24, 2.45) is 5.41 Å².